The molecule has 2 aromatic rings. The molecule has 5 nitrogen and oxygen atoms in total. The minimum Gasteiger partial charge on any atom is -0.388 e. The SMILES string of the molecule is O=C(NCCC(O)c1ccccc1)c1ccnc(C2CCCC2)n1. The quantitative estimate of drug-likeness (QED) is 0.856. The van der Waals surface area contributed by atoms with Crippen molar-refractivity contribution in [3.05, 3.63) is 59.7 Å². The Morgan fingerprint density at radius 2 is 1.96 bits per heavy atom. The highest BCUT2D eigenvalue weighted by Gasteiger charge is 2.20. The lowest BCUT2D eigenvalue weighted by atomic mass is 10.1. The van der Waals surface area contributed by atoms with Crippen LogP contribution >= 0.6 is 0 Å². The van der Waals surface area contributed by atoms with E-state index in [0.717, 1.165) is 24.2 Å². The zero-order chi connectivity index (χ0) is 16.8. The number of aliphatic hydroxyl groups is 1. The molecule has 1 aliphatic carbocycles. The van der Waals surface area contributed by atoms with Crippen molar-refractivity contribution >= 4 is 5.91 Å². The van der Waals surface area contributed by atoms with E-state index in [0.29, 0.717) is 24.6 Å². The molecule has 1 aromatic carbocycles. The molecule has 1 atom stereocenters. The molecule has 0 spiro atoms. The molecule has 1 heterocycles. The smallest absolute Gasteiger partial charge is 0.270 e. The number of hydrogen-bond acceptors (Lipinski definition) is 4. The lowest BCUT2D eigenvalue weighted by molar-refractivity contribution is 0.0937. The second-order valence-corrected chi connectivity index (χ2v) is 6.25. The van der Waals surface area contributed by atoms with Crippen LogP contribution in [-0.4, -0.2) is 27.5 Å². The van der Waals surface area contributed by atoms with Crippen LogP contribution in [0.25, 0.3) is 0 Å². The molecule has 0 radical (unpaired) electrons. The fourth-order valence-corrected chi connectivity index (χ4v) is 3.14. The summed E-state index contributed by atoms with van der Waals surface area (Å²) in [7, 11) is 0. The highest BCUT2D eigenvalue weighted by Crippen LogP contribution is 2.31. The van der Waals surface area contributed by atoms with Crippen molar-refractivity contribution < 1.29 is 9.90 Å². The van der Waals surface area contributed by atoms with Crippen molar-refractivity contribution in [1.82, 2.24) is 15.3 Å². The van der Waals surface area contributed by atoms with Crippen LogP contribution in [0.5, 0.6) is 0 Å². The van der Waals surface area contributed by atoms with Gasteiger partial charge in [0.25, 0.3) is 5.91 Å². The van der Waals surface area contributed by atoms with Crippen LogP contribution in [-0.2, 0) is 0 Å². The van der Waals surface area contributed by atoms with Gasteiger partial charge in [0.05, 0.1) is 6.10 Å². The number of benzene rings is 1. The standard InChI is InChI=1S/C19H23N3O2/c23-17(14-6-2-1-3-7-14)11-13-21-19(24)16-10-12-20-18(22-16)15-8-4-5-9-15/h1-3,6-7,10,12,15,17,23H,4-5,8-9,11,13H2,(H,21,24). The monoisotopic (exact) mass is 325 g/mol. The molecule has 126 valence electrons. The maximum Gasteiger partial charge on any atom is 0.270 e. The molecule has 1 fully saturated rings. The number of nitrogens with zero attached hydrogens (tertiary/aromatic N) is 2. The van der Waals surface area contributed by atoms with Crippen molar-refractivity contribution in [3.63, 3.8) is 0 Å². The number of nitrogens with one attached hydrogen (secondary N) is 1. The Labute approximate surface area is 142 Å². The summed E-state index contributed by atoms with van der Waals surface area (Å²) in [6, 6.07) is 11.1. The number of carbonyl (C=O) groups excluding carboxylic acids is 1. The Hall–Kier alpha value is -2.27. The number of aromatic nitrogens is 2. The van der Waals surface area contributed by atoms with Gasteiger partial charge in [-0.2, -0.15) is 0 Å². The topological polar surface area (TPSA) is 75.1 Å². The summed E-state index contributed by atoms with van der Waals surface area (Å²) in [5.41, 5.74) is 1.26. The predicted molar refractivity (Wildman–Crippen MR) is 91.6 cm³/mol. The molecule has 0 aliphatic heterocycles. The Balaban J connectivity index is 1.52. The summed E-state index contributed by atoms with van der Waals surface area (Å²) in [4.78, 5) is 21.0. The van der Waals surface area contributed by atoms with Crippen LogP contribution < -0.4 is 5.32 Å². The Bertz CT molecular complexity index is 669. The van der Waals surface area contributed by atoms with E-state index in [9.17, 15) is 9.90 Å². The number of hydrogen-bond donors (Lipinski definition) is 2. The molecule has 5 heteroatoms. The molecular weight excluding hydrogens is 302 g/mol. The van der Waals surface area contributed by atoms with Gasteiger partial charge < -0.3 is 10.4 Å². The minimum absolute atomic E-state index is 0.211. The number of carbonyl (C=O) groups is 1. The number of amides is 1. The number of aliphatic hydroxyl groups excluding tert-OH is 1. The van der Waals surface area contributed by atoms with Gasteiger partial charge in [0.2, 0.25) is 0 Å². The van der Waals surface area contributed by atoms with Crippen LogP contribution in [0.15, 0.2) is 42.6 Å². The molecule has 1 amide bonds. The van der Waals surface area contributed by atoms with Crippen molar-refractivity contribution in [2.45, 2.75) is 44.1 Å². The molecule has 2 N–H and O–H groups in total. The lowest BCUT2D eigenvalue weighted by Gasteiger charge is -2.12. The van der Waals surface area contributed by atoms with Gasteiger partial charge in [-0.05, 0) is 30.9 Å². The van der Waals surface area contributed by atoms with E-state index >= 15 is 0 Å². The van der Waals surface area contributed by atoms with E-state index in [4.69, 9.17) is 0 Å². The highest BCUT2D eigenvalue weighted by molar-refractivity contribution is 5.92. The zero-order valence-electron chi connectivity index (χ0n) is 13.7. The van der Waals surface area contributed by atoms with Crippen molar-refractivity contribution in [3.8, 4) is 0 Å². The molecule has 24 heavy (non-hydrogen) atoms. The molecule has 1 unspecified atom stereocenters. The third-order valence-corrected chi connectivity index (χ3v) is 4.51. The van der Waals surface area contributed by atoms with Crippen LogP contribution in [0.4, 0.5) is 0 Å². The molecule has 0 bridgehead atoms. The highest BCUT2D eigenvalue weighted by atomic mass is 16.3. The Morgan fingerprint density at radius 1 is 1.21 bits per heavy atom. The summed E-state index contributed by atoms with van der Waals surface area (Å²) in [6.07, 6.45) is 6.18. The third-order valence-electron chi connectivity index (χ3n) is 4.51. The zero-order valence-corrected chi connectivity index (χ0v) is 13.7. The average Bonchev–Trinajstić information content (AvgIpc) is 3.17. The minimum atomic E-state index is -0.578. The second-order valence-electron chi connectivity index (χ2n) is 6.25. The van der Waals surface area contributed by atoms with E-state index in [1.54, 1.807) is 12.3 Å². The summed E-state index contributed by atoms with van der Waals surface area (Å²) in [5, 5.41) is 12.9. The van der Waals surface area contributed by atoms with Crippen LogP contribution in [0.1, 0.15) is 66.0 Å². The molecule has 1 aromatic heterocycles. The van der Waals surface area contributed by atoms with Crippen LogP contribution in [0.3, 0.4) is 0 Å². The summed E-state index contributed by atoms with van der Waals surface area (Å²) in [5.74, 6) is 0.957. The first-order chi connectivity index (χ1) is 11.7. The van der Waals surface area contributed by atoms with Crippen molar-refractivity contribution in [1.29, 1.82) is 0 Å². The largest absolute Gasteiger partial charge is 0.388 e. The maximum atomic E-state index is 12.2. The van der Waals surface area contributed by atoms with E-state index in [1.807, 2.05) is 30.3 Å². The normalized spacial score (nSPS) is 16.0. The average molecular weight is 325 g/mol. The first kappa shape index (κ1) is 16.6. The maximum absolute atomic E-state index is 12.2. The third kappa shape index (κ3) is 4.17. The van der Waals surface area contributed by atoms with E-state index in [2.05, 4.69) is 15.3 Å². The summed E-state index contributed by atoms with van der Waals surface area (Å²) in [6.45, 7) is 0.400. The Kier molecular flexibility index (Phi) is 5.54. The van der Waals surface area contributed by atoms with Crippen LogP contribution in [0, 0.1) is 0 Å². The van der Waals surface area contributed by atoms with Gasteiger partial charge in [0, 0.05) is 18.7 Å². The van der Waals surface area contributed by atoms with Crippen molar-refractivity contribution in [2.75, 3.05) is 6.54 Å². The first-order valence-electron chi connectivity index (χ1n) is 8.58. The van der Waals surface area contributed by atoms with Gasteiger partial charge >= 0.3 is 0 Å². The van der Waals surface area contributed by atoms with Gasteiger partial charge in [0.1, 0.15) is 11.5 Å². The summed E-state index contributed by atoms with van der Waals surface area (Å²) >= 11 is 0. The molecule has 3 rings (SSSR count). The molecule has 0 saturated heterocycles. The van der Waals surface area contributed by atoms with Gasteiger partial charge in [-0.25, -0.2) is 9.97 Å². The predicted octanol–water partition coefficient (Wildman–Crippen LogP) is 2.99. The lowest BCUT2D eigenvalue weighted by Crippen LogP contribution is -2.27. The molecule has 1 aliphatic rings. The fraction of sp³-hybridized carbons (Fsp3) is 0.421. The van der Waals surface area contributed by atoms with Gasteiger partial charge in [-0.1, -0.05) is 43.2 Å². The number of rotatable bonds is 6. The fourth-order valence-electron chi connectivity index (χ4n) is 3.14. The summed E-state index contributed by atoms with van der Waals surface area (Å²) < 4.78 is 0. The van der Waals surface area contributed by atoms with Crippen LogP contribution in [0.2, 0.25) is 0 Å². The first-order valence-corrected chi connectivity index (χ1v) is 8.58. The van der Waals surface area contributed by atoms with E-state index < -0.39 is 6.10 Å². The van der Waals surface area contributed by atoms with Gasteiger partial charge in [-0.15, -0.1) is 0 Å². The molecule has 1 saturated carbocycles. The van der Waals surface area contributed by atoms with Gasteiger partial charge in [-0.3, -0.25) is 4.79 Å². The van der Waals surface area contributed by atoms with E-state index in [-0.39, 0.29) is 5.91 Å². The van der Waals surface area contributed by atoms with Gasteiger partial charge in [0.15, 0.2) is 0 Å². The van der Waals surface area contributed by atoms with E-state index in [1.165, 1.54) is 12.8 Å². The Morgan fingerprint density at radius 3 is 2.71 bits per heavy atom. The second kappa shape index (κ2) is 8.02. The van der Waals surface area contributed by atoms with Crippen molar-refractivity contribution in [2.24, 2.45) is 0 Å². The molecular formula is C19H23N3O2.